The van der Waals surface area contributed by atoms with Gasteiger partial charge in [0.1, 0.15) is 0 Å². The number of benzene rings is 1. The summed E-state index contributed by atoms with van der Waals surface area (Å²) in [6.07, 6.45) is 0. The van der Waals surface area contributed by atoms with Gasteiger partial charge in [-0.25, -0.2) is 0 Å². The van der Waals surface area contributed by atoms with E-state index in [1.54, 1.807) is 3.58 Å². The summed E-state index contributed by atoms with van der Waals surface area (Å²) in [5.41, 5.74) is 7.20. The normalized spacial score (nSPS) is 12.7. The Labute approximate surface area is 136 Å². The van der Waals surface area contributed by atoms with E-state index in [9.17, 15) is 0 Å². The molecule has 2 N–H and O–H groups in total. The van der Waals surface area contributed by atoms with Gasteiger partial charge in [-0.2, -0.15) is 0 Å². The Morgan fingerprint density at radius 1 is 0.857 bits per heavy atom. The molecule has 0 heterocycles. The first kappa shape index (κ1) is 19.0. The van der Waals surface area contributed by atoms with Crippen LogP contribution >= 0.6 is 0 Å². The quantitative estimate of drug-likeness (QED) is 0.630. The monoisotopic (exact) mass is 397 g/mol. The zero-order valence-electron chi connectivity index (χ0n) is 14.9. The van der Waals surface area contributed by atoms with Gasteiger partial charge in [-0.3, -0.25) is 0 Å². The van der Waals surface area contributed by atoms with Crippen LogP contribution in [0.3, 0.4) is 0 Å². The van der Waals surface area contributed by atoms with E-state index >= 15 is 0 Å². The van der Waals surface area contributed by atoms with Gasteiger partial charge in [0.05, 0.1) is 0 Å². The Kier molecular flexibility index (Phi) is 7.76. The van der Waals surface area contributed by atoms with Gasteiger partial charge in [-0.1, -0.05) is 0 Å². The molecule has 0 aliphatic carbocycles. The van der Waals surface area contributed by atoms with Gasteiger partial charge < -0.3 is 0 Å². The van der Waals surface area contributed by atoms with Crippen LogP contribution in [0.1, 0.15) is 47.1 Å². The van der Waals surface area contributed by atoms with Crippen LogP contribution in [0.4, 0.5) is 0 Å². The van der Waals surface area contributed by atoms with Crippen molar-refractivity contribution >= 4 is 22.0 Å². The number of nitrogens with two attached hydrogens (primary N) is 1. The first-order chi connectivity index (χ1) is 9.79. The molecule has 0 atom stereocenters. The number of hydrogen-bond donors (Lipinski definition) is 1. The van der Waals surface area contributed by atoms with Crippen LogP contribution < -0.4 is 9.31 Å². The van der Waals surface area contributed by atoms with Crippen molar-refractivity contribution in [3.05, 3.63) is 29.8 Å². The van der Waals surface area contributed by atoms with Crippen molar-refractivity contribution in [2.45, 2.75) is 61.4 Å². The summed E-state index contributed by atoms with van der Waals surface area (Å²) in [6.45, 7) is 15.1. The van der Waals surface area contributed by atoms with Crippen LogP contribution in [0.5, 0.6) is 0 Å². The van der Waals surface area contributed by atoms with E-state index in [1.165, 1.54) is 18.9 Å². The van der Waals surface area contributed by atoms with Crippen LogP contribution in [0.15, 0.2) is 24.3 Å². The van der Waals surface area contributed by atoms with E-state index in [0.29, 0.717) is 6.54 Å². The minimum absolute atomic E-state index is 0.667. The van der Waals surface area contributed by atoms with Gasteiger partial charge in [-0.05, 0) is 0 Å². The van der Waals surface area contributed by atoms with Crippen molar-refractivity contribution in [3.8, 4) is 0 Å². The summed E-state index contributed by atoms with van der Waals surface area (Å²) in [5.74, 6) is 2.42. The van der Waals surface area contributed by atoms with Gasteiger partial charge in [0.2, 0.25) is 0 Å². The average Bonchev–Trinajstić information content (AvgIpc) is 2.36. The van der Waals surface area contributed by atoms with E-state index in [2.05, 4.69) is 65.8 Å². The molecule has 0 aromatic heterocycles. The van der Waals surface area contributed by atoms with Gasteiger partial charge in [0, 0.05) is 0 Å². The molecular weight excluding hydrogens is 361 g/mol. The SMILES string of the molecule is CC(C)[CH2][Sn]([CH2]C(C)C)([CH2]C(C)C)[c]1cccc(CN)c1. The molecule has 0 radical (unpaired) electrons. The van der Waals surface area contributed by atoms with Crippen LogP contribution in [-0.2, 0) is 6.54 Å². The average molecular weight is 396 g/mol. The second-order valence-electron chi connectivity index (χ2n) is 7.98. The summed E-state index contributed by atoms with van der Waals surface area (Å²) in [7, 11) is 0. The van der Waals surface area contributed by atoms with Crippen LogP contribution in [0, 0.1) is 17.8 Å². The predicted molar refractivity (Wildman–Crippen MR) is 98.7 cm³/mol. The van der Waals surface area contributed by atoms with Crippen molar-refractivity contribution in [1.82, 2.24) is 0 Å². The Hall–Kier alpha value is -0.0213. The second-order valence-corrected chi connectivity index (χ2v) is 20.4. The summed E-state index contributed by atoms with van der Waals surface area (Å²) >= 11 is -2.36. The third kappa shape index (κ3) is 5.94. The molecule has 0 saturated heterocycles. The molecule has 0 amide bonds. The van der Waals surface area contributed by atoms with Gasteiger partial charge >= 0.3 is 137 Å². The molecule has 1 aromatic carbocycles. The van der Waals surface area contributed by atoms with Crippen molar-refractivity contribution < 1.29 is 0 Å². The van der Waals surface area contributed by atoms with Crippen molar-refractivity contribution in [1.29, 1.82) is 0 Å². The van der Waals surface area contributed by atoms with E-state index in [-0.39, 0.29) is 0 Å². The zero-order chi connectivity index (χ0) is 16.0. The molecule has 0 unspecified atom stereocenters. The Morgan fingerprint density at radius 2 is 1.33 bits per heavy atom. The molecule has 1 aromatic rings. The summed E-state index contributed by atoms with van der Waals surface area (Å²) in [4.78, 5) is 0. The molecule has 1 nitrogen and oxygen atoms in total. The predicted octanol–water partition coefficient (Wildman–Crippen LogP) is 4.77. The van der Waals surface area contributed by atoms with Crippen LogP contribution in [-0.4, -0.2) is 18.4 Å². The number of hydrogen-bond acceptors (Lipinski definition) is 1. The van der Waals surface area contributed by atoms with Gasteiger partial charge in [0.15, 0.2) is 0 Å². The molecule has 0 bridgehead atoms. The fourth-order valence-corrected chi connectivity index (χ4v) is 23.5. The molecule has 0 fully saturated rings. The summed E-state index contributed by atoms with van der Waals surface area (Å²) in [5, 5.41) is 0. The third-order valence-corrected chi connectivity index (χ3v) is 22.2. The molecule has 0 aliphatic rings. The van der Waals surface area contributed by atoms with E-state index in [1.807, 2.05) is 0 Å². The summed E-state index contributed by atoms with van der Waals surface area (Å²) in [6, 6.07) is 9.29. The van der Waals surface area contributed by atoms with E-state index in [4.69, 9.17) is 5.73 Å². The fraction of sp³-hybridized carbons (Fsp3) is 0.684. The van der Waals surface area contributed by atoms with Gasteiger partial charge in [0.25, 0.3) is 0 Å². The first-order valence-electron chi connectivity index (χ1n) is 8.58. The zero-order valence-corrected chi connectivity index (χ0v) is 17.8. The molecule has 0 aliphatic heterocycles. The van der Waals surface area contributed by atoms with Crippen molar-refractivity contribution in [3.63, 3.8) is 0 Å². The summed E-state index contributed by atoms with van der Waals surface area (Å²) < 4.78 is 6.13. The third-order valence-electron chi connectivity index (χ3n) is 4.17. The van der Waals surface area contributed by atoms with E-state index in [0.717, 1.165) is 17.8 Å². The Bertz CT molecular complexity index is 397. The van der Waals surface area contributed by atoms with Crippen molar-refractivity contribution in [2.75, 3.05) is 0 Å². The maximum absolute atomic E-state index is 5.89. The number of rotatable bonds is 8. The van der Waals surface area contributed by atoms with Crippen LogP contribution in [0.2, 0.25) is 13.3 Å². The van der Waals surface area contributed by atoms with Gasteiger partial charge in [-0.15, -0.1) is 0 Å². The molecule has 0 spiro atoms. The second kappa shape index (κ2) is 8.57. The fourth-order valence-electron chi connectivity index (χ4n) is 3.98. The Balaban J connectivity index is 3.29. The molecule has 21 heavy (non-hydrogen) atoms. The van der Waals surface area contributed by atoms with Crippen molar-refractivity contribution in [2.24, 2.45) is 23.5 Å². The van der Waals surface area contributed by atoms with E-state index < -0.39 is 18.4 Å². The minimum atomic E-state index is -2.36. The molecule has 120 valence electrons. The standard InChI is InChI=1S/C7H8N.3C4H9.Sn/c8-6-7-4-2-1-3-5-7;3*1-4(2)3;/h1-2,4-5H,6,8H2;3*4H,1H2,2-3H3;. The topological polar surface area (TPSA) is 26.0 Å². The maximum atomic E-state index is 5.89. The molecule has 2 heteroatoms. The van der Waals surface area contributed by atoms with Crippen LogP contribution in [0.25, 0.3) is 0 Å². The first-order valence-corrected chi connectivity index (χ1v) is 16.1. The molecule has 1 rings (SSSR count). The molecular formula is C19H35NSn. The Morgan fingerprint density at radius 3 is 1.71 bits per heavy atom. The molecule has 0 saturated carbocycles.